The average molecular weight is 483 g/mol. The third-order valence-corrected chi connectivity index (χ3v) is 4.64. The molecule has 0 saturated heterocycles. The summed E-state index contributed by atoms with van der Waals surface area (Å²) >= 11 is 0. The van der Waals surface area contributed by atoms with Crippen molar-refractivity contribution >= 4 is 17.6 Å². The fourth-order valence-electron chi connectivity index (χ4n) is 2.82. The van der Waals surface area contributed by atoms with E-state index in [0.717, 1.165) is 6.07 Å². The first-order valence-electron chi connectivity index (χ1n) is 9.49. The summed E-state index contributed by atoms with van der Waals surface area (Å²) in [6, 6.07) is 11.7. The van der Waals surface area contributed by atoms with Crippen LogP contribution in [-0.2, 0) is 12.6 Å². The molecule has 11 heteroatoms. The number of ether oxygens (including phenoxy) is 1. The number of alkyl halides is 6. The van der Waals surface area contributed by atoms with Gasteiger partial charge in [-0.3, -0.25) is 4.79 Å². The number of nitrogens with one attached hydrogen (secondary N) is 1. The maximum absolute atomic E-state index is 13.9. The Morgan fingerprint density at radius 3 is 2.03 bits per heavy atom. The Kier molecular flexibility index (Phi) is 6.85. The second kappa shape index (κ2) is 9.46. The van der Waals surface area contributed by atoms with Gasteiger partial charge >= 0.3 is 18.1 Å². The number of aromatic carboxylic acids is 1. The zero-order chi connectivity index (χ0) is 25.1. The van der Waals surface area contributed by atoms with Gasteiger partial charge in [-0.15, -0.1) is 0 Å². The number of anilines is 1. The number of carbonyl (C=O) groups is 2. The third kappa shape index (κ3) is 5.30. The third-order valence-electron chi connectivity index (χ3n) is 4.64. The molecule has 0 fully saturated rings. The van der Waals surface area contributed by atoms with Gasteiger partial charge in [0.05, 0.1) is 11.1 Å². The monoisotopic (exact) mass is 483 g/mol. The van der Waals surface area contributed by atoms with Gasteiger partial charge < -0.3 is 15.2 Å². The summed E-state index contributed by atoms with van der Waals surface area (Å²) in [4.78, 5) is 23.7. The smallest absolute Gasteiger partial charge is 0.458 e. The van der Waals surface area contributed by atoms with Crippen LogP contribution in [0.2, 0.25) is 0 Å². The van der Waals surface area contributed by atoms with Crippen LogP contribution in [-0.4, -0.2) is 23.2 Å². The average Bonchev–Trinajstić information content (AvgIpc) is 2.79. The molecule has 3 rings (SSSR count). The lowest BCUT2D eigenvalue weighted by Crippen LogP contribution is -2.33. The normalized spacial score (nSPS) is 11.7. The first-order chi connectivity index (χ1) is 15.9. The zero-order valence-corrected chi connectivity index (χ0v) is 17.0. The lowest BCUT2D eigenvalue weighted by molar-refractivity contribution is -0.289. The summed E-state index contributed by atoms with van der Waals surface area (Å²) in [5, 5.41) is 11.3. The quantitative estimate of drug-likeness (QED) is 0.374. The molecule has 34 heavy (non-hydrogen) atoms. The molecule has 0 aliphatic carbocycles. The molecule has 3 aromatic carbocycles. The van der Waals surface area contributed by atoms with Gasteiger partial charge in [0.1, 0.15) is 18.2 Å². The number of benzene rings is 3. The van der Waals surface area contributed by atoms with Gasteiger partial charge in [0.25, 0.3) is 5.91 Å². The van der Waals surface area contributed by atoms with E-state index in [9.17, 15) is 35.9 Å². The van der Waals surface area contributed by atoms with Crippen molar-refractivity contribution in [2.75, 3.05) is 5.32 Å². The Morgan fingerprint density at radius 1 is 0.882 bits per heavy atom. The van der Waals surface area contributed by atoms with Gasteiger partial charge in [0.15, 0.2) is 0 Å². The lowest BCUT2D eigenvalue weighted by atomic mass is 10.0. The first-order valence-corrected chi connectivity index (χ1v) is 9.49. The maximum Gasteiger partial charge on any atom is 0.458 e. The van der Waals surface area contributed by atoms with Crippen molar-refractivity contribution in [3.05, 3.63) is 89.0 Å². The number of carboxylic acid groups (broad SMARTS) is 1. The molecule has 0 aliphatic rings. The molecular formula is C23H15F6NO4. The maximum atomic E-state index is 13.9. The van der Waals surface area contributed by atoms with Gasteiger partial charge in [0.2, 0.25) is 0 Å². The van der Waals surface area contributed by atoms with Crippen LogP contribution < -0.4 is 10.1 Å². The van der Waals surface area contributed by atoms with Crippen molar-refractivity contribution < 1.29 is 45.8 Å². The zero-order valence-electron chi connectivity index (χ0n) is 17.0. The molecule has 0 radical (unpaired) electrons. The van der Waals surface area contributed by atoms with Crippen molar-refractivity contribution in [1.29, 1.82) is 0 Å². The van der Waals surface area contributed by atoms with E-state index in [1.165, 1.54) is 48.5 Å². The van der Waals surface area contributed by atoms with Gasteiger partial charge in [0, 0.05) is 11.3 Å². The number of rotatable bonds is 7. The summed E-state index contributed by atoms with van der Waals surface area (Å²) in [6.45, 7) is -0.790. The largest absolute Gasteiger partial charge is 0.478 e. The molecule has 0 aromatic heterocycles. The molecule has 0 spiro atoms. The summed E-state index contributed by atoms with van der Waals surface area (Å²) < 4.78 is 84.4. The molecule has 1 amide bonds. The highest BCUT2D eigenvalue weighted by Crippen LogP contribution is 2.45. The molecule has 0 aliphatic heterocycles. The van der Waals surface area contributed by atoms with E-state index in [0.29, 0.717) is 12.1 Å². The predicted octanol–water partition coefficient (Wildman–Crippen LogP) is 6.55. The number of hydrogen-bond donors (Lipinski definition) is 2. The van der Waals surface area contributed by atoms with E-state index < -0.39 is 42.0 Å². The Morgan fingerprint density at radius 2 is 1.50 bits per heavy atom. The number of halogens is 6. The van der Waals surface area contributed by atoms with E-state index in [2.05, 4.69) is 5.32 Å². The minimum absolute atomic E-state index is 0.0375. The van der Waals surface area contributed by atoms with Crippen LogP contribution in [0.15, 0.2) is 66.7 Å². The highest BCUT2D eigenvalue weighted by molar-refractivity contribution is 6.06. The van der Waals surface area contributed by atoms with Crippen LogP contribution in [0.5, 0.6) is 11.5 Å². The fourth-order valence-corrected chi connectivity index (χ4v) is 2.82. The molecule has 0 bridgehead atoms. The van der Waals surface area contributed by atoms with Gasteiger partial charge in [-0.2, -0.15) is 22.0 Å². The Balaban J connectivity index is 1.98. The molecule has 3 aromatic rings. The van der Waals surface area contributed by atoms with E-state index in [-0.39, 0.29) is 28.1 Å². The summed E-state index contributed by atoms with van der Waals surface area (Å²) in [6.07, 6.45) is -5.89. The van der Waals surface area contributed by atoms with Gasteiger partial charge in [-0.05, 0) is 54.1 Å². The predicted molar refractivity (Wildman–Crippen MR) is 109 cm³/mol. The van der Waals surface area contributed by atoms with Crippen LogP contribution >= 0.6 is 0 Å². The van der Waals surface area contributed by atoms with Crippen molar-refractivity contribution in [2.24, 2.45) is 0 Å². The Bertz CT molecular complexity index is 1190. The van der Waals surface area contributed by atoms with Crippen molar-refractivity contribution in [1.82, 2.24) is 0 Å². The minimum Gasteiger partial charge on any atom is -0.478 e. The standard InChI is InChI=1S/C23H15F6NO4/c24-12-13-1-8-17(9-2-13)34-19-11-15(22(25,26)23(27,28)29)5-10-18(19)20(31)30-16-6-3-14(4-7-16)21(32)33/h1-11H,12H2,(H,30,31)(H,32,33). The summed E-state index contributed by atoms with van der Waals surface area (Å²) in [5.41, 5.74) is -1.47. The lowest BCUT2D eigenvalue weighted by Gasteiger charge is -2.21. The van der Waals surface area contributed by atoms with Crippen LogP contribution in [0.3, 0.4) is 0 Å². The fraction of sp³-hybridized carbons (Fsp3) is 0.130. The second-order valence-electron chi connectivity index (χ2n) is 7.00. The summed E-state index contributed by atoms with van der Waals surface area (Å²) in [7, 11) is 0. The highest BCUT2D eigenvalue weighted by Gasteiger charge is 2.58. The second-order valence-corrected chi connectivity index (χ2v) is 7.00. The molecule has 2 N–H and O–H groups in total. The number of carboxylic acids is 1. The molecule has 0 unspecified atom stereocenters. The molecule has 5 nitrogen and oxygen atoms in total. The van der Waals surface area contributed by atoms with Gasteiger partial charge in [-0.1, -0.05) is 18.2 Å². The SMILES string of the molecule is O=C(O)c1ccc(NC(=O)c2ccc(C(F)(F)C(F)(F)F)cc2Oc2ccc(CF)cc2)cc1. The molecule has 178 valence electrons. The van der Waals surface area contributed by atoms with Crippen LogP contribution in [0, 0.1) is 0 Å². The van der Waals surface area contributed by atoms with Crippen molar-refractivity contribution in [3.8, 4) is 11.5 Å². The van der Waals surface area contributed by atoms with Crippen LogP contribution in [0.1, 0.15) is 31.8 Å². The molecule has 0 saturated carbocycles. The van der Waals surface area contributed by atoms with E-state index in [1.54, 1.807) is 0 Å². The van der Waals surface area contributed by atoms with E-state index in [4.69, 9.17) is 9.84 Å². The molecule has 0 atom stereocenters. The first kappa shape index (κ1) is 24.6. The van der Waals surface area contributed by atoms with E-state index >= 15 is 0 Å². The van der Waals surface area contributed by atoms with Gasteiger partial charge in [-0.25, -0.2) is 9.18 Å². The van der Waals surface area contributed by atoms with E-state index in [1.807, 2.05) is 0 Å². The van der Waals surface area contributed by atoms with Crippen LogP contribution in [0.25, 0.3) is 0 Å². The number of hydrogen-bond acceptors (Lipinski definition) is 3. The molecule has 0 heterocycles. The molecular weight excluding hydrogens is 468 g/mol. The topological polar surface area (TPSA) is 75.6 Å². The summed E-state index contributed by atoms with van der Waals surface area (Å²) in [5.74, 6) is -7.97. The van der Waals surface area contributed by atoms with Crippen LogP contribution in [0.4, 0.5) is 32.0 Å². The highest BCUT2D eigenvalue weighted by atomic mass is 19.4. The Hall–Kier alpha value is -4.02. The van der Waals surface area contributed by atoms with Crippen molar-refractivity contribution in [2.45, 2.75) is 18.8 Å². The van der Waals surface area contributed by atoms with Crippen molar-refractivity contribution in [3.63, 3.8) is 0 Å². The Labute approximate surface area is 188 Å². The number of amides is 1. The minimum atomic E-state index is -5.89. The number of carbonyl (C=O) groups excluding carboxylic acids is 1.